The van der Waals surface area contributed by atoms with Gasteiger partial charge in [0, 0.05) is 24.7 Å². The number of amides is 1. The first-order valence-corrected chi connectivity index (χ1v) is 8.44. The summed E-state index contributed by atoms with van der Waals surface area (Å²) in [6, 6.07) is 11.1. The van der Waals surface area contributed by atoms with Crippen molar-refractivity contribution in [2.24, 2.45) is 0 Å². The van der Waals surface area contributed by atoms with Crippen LogP contribution in [0.1, 0.15) is 23.4 Å². The van der Waals surface area contributed by atoms with Crippen LogP contribution in [0.5, 0.6) is 0 Å². The molecule has 0 spiro atoms. The van der Waals surface area contributed by atoms with Gasteiger partial charge in [0.15, 0.2) is 0 Å². The molecule has 4 rings (SSSR count). The van der Waals surface area contributed by atoms with E-state index in [1.54, 1.807) is 18.3 Å². The van der Waals surface area contributed by atoms with Crippen molar-refractivity contribution in [1.82, 2.24) is 10.1 Å². The molecule has 3 heterocycles. The van der Waals surface area contributed by atoms with Gasteiger partial charge in [-0.25, -0.2) is 9.37 Å². The minimum Gasteiger partial charge on any atom is -0.357 e. The highest BCUT2D eigenvalue weighted by molar-refractivity contribution is 6.02. The SMILES string of the molecule is O=C(Nc1ccc(N2CCCC2)nc1)c1cc(-c2cccc(F)c2)no1. The zero-order valence-electron chi connectivity index (χ0n) is 14.0. The standard InChI is InChI=1S/C19H17FN4O2/c20-14-5-3-4-13(10-14)16-11-17(26-23-16)19(25)22-15-6-7-18(21-12-15)24-8-1-2-9-24/h3-7,10-12H,1-2,8-9H2,(H,22,25). The summed E-state index contributed by atoms with van der Waals surface area (Å²) in [4.78, 5) is 18.9. The van der Waals surface area contributed by atoms with E-state index in [1.165, 1.54) is 31.0 Å². The zero-order valence-corrected chi connectivity index (χ0v) is 14.0. The summed E-state index contributed by atoms with van der Waals surface area (Å²) >= 11 is 0. The smallest absolute Gasteiger partial charge is 0.294 e. The number of pyridine rings is 1. The molecule has 0 aliphatic carbocycles. The van der Waals surface area contributed by atoms with Crippen molar-refractivity contribution in [3.8, 4) is 11.3 Å². The molecule has 1 aliphatic heterocycles. The Morgan fingerprint density at radius 1 is 1.15 bits per heavy atom. The number of hydrogen-bond donors (Lipinski definition) is 1. The van der Waals surface area contributed by atoms with E-state index in [0.29, 0.717) is 16.9 Å². The Morgan fingerprint density at radius 2 is 2.00 bits per heavy atom. The zero-order chi connectivity index (χ0) is 17.9. The third-order valence-corrected chi connectivity index (χ3v) is 4.29. The Balaban J connectivity index is 1.45. The molecule has 2 aromatic heterocycles. The lowest BCUT2D eigenvalue weighted by molar-refractivity contribution is 0.0988. The second-order valence-electron chi connectivity index (χ2n) is 6.14. The minimum atomic E-state index is -0.434. The summed E-state index contributed by atoms with van der Waals surface area (Å²) < 4.78 is 18.4. The van der Waals surface area contributed by atoms with Gasteiger partial charge < -0.3 is 14.7 Å². The molecule has 0 radical (unpaired) electrons. The van der Waals surface area contributed by atoms with Crippen LogP contribution in [-0.4, -0.2) is 29.1 Å². The summed E-state index contributed by atoms with van der Waals surface area (Å²) in [5, 5.41) is 6.56. The van der Waals surface area contributed by atoms with Crippen LogP contribution in [0.25, 0.3) is 11.3 Å². The number of halogens is 1. The normalized spacial score (nSPS) is 13.8. The Morgan fingerprint density at radius 3 is 2.73 bits per heavy atom. The summed E-state index contributed by atoms with van der Waals surface area (Å²) in [6.45, 7) is 2.03. The Kier molecular flexibility index (Phi) is 4.35. The van der Waals surface area contributed by atoms with E-state index in [2.05, 4.69) is 20.4 Å². The van der Waals surface area contributed by atoms with Crippen molar-refractivity contribution in [2.75, 3.05) is 23.3 Å². The Labute approximate surface area is 149 Å². The van der Waals surface area contributed by atoms with Gasteiger partial charge in [-0.05, 0) is 37.1 Å². The number of rotatable bonds is 4. The number of nitrogens with zero attached hydrogens (tertiary/aromatic N) is 3. The van der Waals surface area contributed by atoms with E-state index >= 15 is 0 Å². The molecule has 6 nitrogen and oxygen atoms in total. The number of nitrogens with one attached hydrogen (secondary N) is 1. The van der Waals surface area contributed by atoms with Gasteiger partial charge in [-0.2, -0.15) is 0 Å². The largest absolute Gasteiger partial charge is 0.357 e. The molecular formula is C19H17FN4O2. The predicted octanol–water partition coefficient (Wildman–Crippen LogP) is 3.73. The molecule has 0 bridgehead atoms. The van der Waals surface area contributed by atoms with Crippen molar-refractivity contribution in [2.45, 2.75) is 12.8 Å². The van der Waals surface area contributed by atoms with Crippen LogP contribution in [0.4, 0.5) is 15.9 Å². The Hall–Kier alpha value is -3.22. The van der Waals surface area contributed by atoms with Crippen LogP contribution >= 0.6 is 0 Å². The third-order valence-electron chi connectivity index (χ3n) is 4.29. The molecule has 1 aliphatic rings. The second kappa shape index (κ2) is 6.95. The highest BCUT2D eigenvalue weighted by Gasteiger charge is 2.16. The van der Waals surface area contributed by atoms with E-state index in [9.17, 15) is 9.18 Å². The van der Waals surface area contributed by atoms with Crippen LogP contribution in [0.2, 0.25) is 0 Å². The van der Waals surface area contributed by atoms with Gasteiger partial charge in [0.2, 0.25) is 5.76 Å². The number of hydrogen-bond acceptors (Lipinski definition) is 5. The van der Waals surface area contributed by atoms with Gasteiger partial charge in [0.25, 0.3) is 5.91 Å². The fourth-order valence-corrected chi connectivity index (χ4v) is 2.95. The highest BCUT2D eigenvalue weighted by atomic mass is 19.1. The number of carbonyl (C=O) groups is 1. The average Bonchev–Trinajstić information content (AvgIpc) is 3.35. The quantitative estimate of drug-likeness (QED) is 0.775. The maximum Gasteiger partial charge on any atom is 0.294 e. The lowest BCUT2D eigenvalue weighted by Gasteiger charge is -2.16. The van der Waals surface area contributed by atoms with E-state index in [4.69, 9.17) is 4.52 Å². The fraction of sp³-hybridized carbons (Fsp3) is 0.211. The lowest BCUT2D eigenvalue weighted by atomic mass is 10.1. The summed E-state index contributed by atoms with van der Waals surface area (Å²) in [7, 11) is 0. The fourth-order valence-electron chi connectivity index (χ4n) is 2.95. The van der Waals surface area contributed by atoms with E-state index in [-0.39, 0.29) is 11.6 Å². The van der Waals surface area contributed by atoms with Gasteiger partial charge in [-0.3, -0.25) is 4.79 Å². The number of carbonyl (C=O) groups excluding carboxylic acids is 1. The molecule has 0 atom stereocenters. The number of aromatic nitrogens is 2. The van der Waals surface area contributed by atoms with Crippen LogP contribution in [0.15, 0.2) is 53.2 Å². The van der Waals surface area contributed by atoms with Crippen LogP contribution < -0.4 is 10.2 Å². The maximum atomic E-state index is 13.3. The molecule has 132 valence electrons. The van der Waals surface area contributed by atoms with Crippen LogP contribution in [-0.2, 0) is 0 Å². The molecule has 1 N–H and O–H groups in total. The first-order chi connectivity index (χ1) is 12.7. The van der Waals surface area contributed by atoms with E-state index < -0.39 is 5.91 Å². The highest BCUT2D eigenvalue weighted by Crippen LogP contribution is 2.22. The topological polar surface area (TPSA) is 71.3 Å². The predicted molar refractivity (Wildman–Crippen MR) is 95.5 cm³/mol. The van der Waals surface area contributed by atoms with E-state index in [1.807, 2.05) is 12.1 Å². The number of anilines is 2. The average molecular weight is 352 g/mol. The number of benzene rings is 1. The summed E-state index contributed by atoms with van der Waals surface area (Å²) in [5.74, 6) is 0.151. The first kappa shape index (κ1) is 16.3. The maximum absolute atomic E-state index is 13.3. The van der Waals surface area contributed by atoms with Gasteiger partial charge in [0.1, 0.15) is 17.3 Å². The molecule has 1 fully saturated rings. The minimum absolute atomic E-state index is 0.0490. The third kappa shape index (κ3) is 3.42. The van der Waals surface area contributed by atoms with Gasteiger partial charge >= 0.3 is 0 Å². The molecule has 1 saturated heterocycles. The molecule has 26 heavy (non-hydrogen) atoms. The van der Waals surface area contributed by atoms with E-state index in [0.717, 1.165) is 18.9 Å². The van der Waals surface area contributed by atoms with Gasteiger partial charge in [0.05, 0.1) is 11.9 Å². The van der Waals surface area contributed by atoms with Crippen molar-refractivity contribution >= 4 is 17.4 Å². The monoisotopic (exact) mass is 352 g/mol. The first-order valence-electron chi connectivity index (χ1n) is 8.44. The van der Waals surface area contributed by atoms with Gasteiger partial charge in [-0.15, -0.1) is 0 Å². The second-order valence-corrected chi connectivity index (χ2v) is 6.14. The molecule has 1 amide bonds. The lowest BCUT2D eigenvalue weighted by Crippen LogP contribution is -2.19. The van der Waals surface area contributed by atoms with Crippen molar-refractivity contribution in [3.63, 3.8) is 0 Å². The van der Waals surface area contributed by atoms with Crippen molar-refractivity contribution in [1.29, 1.82) is 0 Å². The molecular weight excluding hydrogens is 335 g/mol. The molecule has 1 aromatic carbocycles. The van der Waals surface area contributed by atoms with Crippen LogP contribution in [0, 0.1) is 5.82 Å². The Bertz CT molecular complexity index is 917. The molecule has 7 heteroatoms. The van der Waals surface area contributed by atoms with Crippen LogP contribution in [0.3, 0.4) is 0 Å². The van der Waals surface area contributed by atoms with Crippen molar-refractivity contribution < 1.29 is 13.7 Å². The van der Waals surface area contributed by atoms with Gasteiger partial charge in [-0.1, -0.05) is 17.3 Å². The molecule has 3 aromatic rings. The molecule has 0 saturated carbocycles. The summed E-state index contributed by atoms with van der Waals surface area (Å²) in [6.07, 6.45) is 3.98. The van der Waals surface area contributed by atoms with Crippen molar-refractivity contribution in [3.05, 3.63) is 60.2 Å². The molecule has 0 unspecified atom stereocenters. The summed E-state index contributed by atoms with van der Waals surface area (Å²) in [5.41, 5.74) is 1.52.